The molecule has 1 aliphatic heterocycles. The van der Waals surface area contributed by atoms with Gasteiger partial charge in [0.25, 0.3) is 5.91 Å². The summed E-state index contributed by atoms with van der Waals surface area (Å²) in [6.07, 6.45) is 0.970. The van der Waals surface area contributed by atoms with Crippen LogP contribution in [0.25, 0.3) is 0 Å². The number of likely N-dealkylation sites (N-methyl/N-ethyl adjacent to an activating group) is 1. The summed E-state index contributed by atoms with van der Waals surface area (Å²) in [5.74, 6) is 0.876. The molecule has 10 heteroatoms. The van der Waals surface area contributed by atoms with Crippen molar-refractivity contribution in [2.24, 2.45) is 5.73 Å². The summed E-state index contributed by atoms with van der Waals surface area (Å²) >= 11 is 0. The zero-order valence-electron chi connectivity index (χ0n) is 18.9. The van der Waals surface area contributed by atoms with Crippen LogP contribution < -0.4 is 25.8 Å². The molecule has 2 heterocycles. The summed E-state index contributed by atoms with van der Waals surface area (Å²) in [7, 11) is 3.18. The van der Waals surface area contributed by atoms with Gasteiger partial charge in [-0.1, -0.05) is 19.1 Å². The maximum absolute atomic E-state index is 11.9. The van der Waals surface area contributed by atoms with Crippen LogP contribution in [0.5, 0.6) is 11.5 Å². The van der Waals surface area contributed by atoms with E-state index in [2.05, 4.69) is 43.7 Å². The number of rotatable bonds is 8. The molecule has 0 spiro atoms. The fourth-order valence-corrected chi connectivity index (χ4v) is 3.81. The fourth-order valence-electron chi connectivity index (χ4n) is 3.81. The summed E-state index contributed by atoms with van der Waals surface area (Å²) in [5.41, 5.74) is 9.23. The Morgan fingerprint density at radius 2 is 1.85 bits per heavy atom. The van der Waals surface area contributed by atoms with Crippen LogP contribution in [0.2, 0.25) is 0 Å². The second kappa shape index (κ2) is 9.70. The molecule has 0 atom stereocenters. The predicted octanol–water partition coefficient (Wildman–Crippen LogP) is 2.85. The molecule has 0 saturated carbocycles. The molecule has 0 fully saturated rings. The largest absolute Gasteiger partial charge is 0.495 e. The number of nitrogens with one attached hydrogen (secondary N) is 2. The van der Waals surface area contributed by atoms with Crippen molar-refractivity contribution in [1.82, 2.24) is 20.1 Å². The molecule has 1 aliphatic rings. The summed E-state index contributed by atoms with van der Waals surface area (Å²) in [5, 5.41) is 14.3. The average Bonchev–Trinajstić information content (AvgIpc) is 2.83. The summed E-state index contributed by atoms with van der Waals surface area (Å²) in [6.45, 7) is 5.04. The van der Waals surface area contributed by atoms with Gasteiger partial charge in [0.1, 0.15) is 11.5 Å². The van der Waals surface area contributed by atoms with Gasteiger partial charge in [-0.2, -0.15) is 4.98 Å². The number of amides is 1. The second-order valence-electron chi connectivity index (χ2n) is 7.59. The SMILES string of the molecule is CCN1CCc2cc(OC)c(Nc3nnc(C(N)=O)c(Nc4ccccc4OC)n3)cc2C1. The van der Waals surface area contributed by atoms with Crippen LogP contribution in [-0.2, 0) is 13.0 Å². The quantitative estimate of drug-likeness (QED) is 0.475. The van der Waals surface area contributed by atoms with E-state index in [0.717, 1.165) is 26.1 Å². The first-order valence-corrected chi connectivity index (χ1v) is 10.7. The summed E-state index contributed by atoms with van der Waals surface area (Å²) < 4.78 is 11.0. The minimum atomic E-state index is -0.745. The standard InChI is InChI=1S/C23H27N7O3/c1-4-30-10-9-14-12-19(33-3)17(11-15(14)13-30)26-23-27-22(20(21(24)31)28-29-23)25-16-7-5-6-8-18(16)32-2/h5-8,11-12H,4,9-10,13H2,1-3H3,(H2,24,31)(H2,25,26,27,29). The fraction of sp³-hybridized carbons (Fsp3) is 0.304. The monoisotopic (exact) mass is 449 g/mol. The Bertz CT molecular complexity index is 1170. The molecule has 2 aromatic carbocycles. The third-order valence-corrected chi connectivity index (χ3v) is 5.59. The van der Waals surface area contributed by atoms with Crippen molar-refractivity contribution >= 4 is 29.0 Å². The lowest BCUT2D eigenvalue weighted by atomic mass is 9.98. The van der Waals surface area contributed by atoms with Crippen LogP contribution in [-0.4, -0.2) is 53.3 Å². The van der Waals surface area contributed by atoms with Gasteiger partial charge < -0.3 is 25.8 Å². The van der Waals surface area contributed by atoms with Crippen LogP contribution >= 0.6 is 0 Å². The Balaban J connectivity index is 1.67. The Labute approximate surface area is 192 Å². The topological polar surface area (TPSA) is 128 Å². The molecule has 33 heavy (non-hydrogen) atoms. The molecule has 4 rings (SSSR count). The molecular weight excluding hydrogens is 422 g/mol. The van der Waals surface area contributed by atoms with E-state index in [-0.39, 0.29) is 17.5 Å². The highest BCUT2D eigenvalue weighted by Crippen LogP contribution is 2.33. The number of carbonyl (C=O) groups is 1. The molecule has 10 nitrogen and oxygen atoms in total. The molecular formula is C23H27N7O3. The van der Waals surface area contributed by atoms with Gasteiger partial charge in [0.05, 0.1) is 25.6 Å². The molecule has 0 aliphatic carbocycles. The lowest BCUT2D eigenvalue weighted by molar-refractivity contribution is 0.0995. The van der Waals surface area contributed by atoms with Crippen molar-refractivity contribution in [3.63, 3.8) is 0 Å². The average molecular weight is 450 g/mol. The number of hydrogen-bond donors (Lipinski definition) is 3. The summed E-state index contributed by atoms with van der Waals surface area (Å²) in [4.78, 5) is 18.8. The first-order valence-electron chi connectivity index (χ1n) is 10.7. The van der Waals surface area contributed by atoms with E-state index in [1.54, 1.807) is 26.4 Å². The van der Waals surface area contributed by atoms with E-state index in [1.807, 2.05) is 18.2 Å². The number of ether oxygens (including phenoxy) is 2. The van der Waals surface area contributed by atoms with Crippen LogP contribution in [0.4, 0.5) is 23.1 Å². The summed E-state index contributed by atoms with van der Waals surface area (Å²) in [6, 6.07) is 11.4. The Morgan fingerprint density at radius 1 is 1.06 bits per heavy atom. The normalized spacial score (nSPS) is 13.2. The number of benzene rings is 2. The van der Waals surface area contributed by atoms with Gasteiger partial charge >= 0.3 is 0 Å². The number of carbonyl (C=O) groups excluding carboxylic acids is 1. The number of para-hydroxylation sites is 2. The highest BCUT2D eigenvalue weighted by molar-refractivity contribution is 5.96. The molecule has 0 radical (unpaired) electrons. The highest BCUT2D eigenvalue weighted by Gasteiger charge is 2.20. The number of nitrogens with zero attached hydrogens (tertiary/aromatic N) is 4. The van der Waals surface area contributed by atoms with Crippen molar-refractivity contribution in [2.45, 2.75) is 19.9 Å². The number of aromatic nitrogens is 3. The van der Waals surface area contributed by atoms with E-state index in [0.29, 0.717) is 22.9 Å². The Kier molecular flexibility index (Phi) is 6.55. The zero-order valence-corrected chi connectivity index (χ0v) is 18.9. The van der Waals surface area contributed by atoms with Gasteiger partial charge in [-0.15, -0.1) is 10.2 Å². The van der Waals surface area contributed by atoms with E-state index < -0.39 is 5.91 Å². The van der Waals surface area contributed by atoms with Crippen molar-refractivity contribution in [3.8, 4) is 11.5 Å². The molecule has 172 valence electrons. The minimum absolute atomic E-state index is 0.0811. The van der Waals surface area contributed by atoms with Gasteiger partial charge in [0.15, 0.2) is 11.5 Å². The number of fused-ring (bicyclic) bond motifs is 1. The third kappa shape index (κ3) is 4.80. The van der Waals surface area contributed by atoms with Gasteiger partial charge in [0.2, 0.25) is 5.95 Å². The highest BCUT2D eigenvalue weighted by atomic mass is 16.5. The third-order valence-electron chi connectivity index (χ3n) is 5.59. The lowest BCUT2D eigenvalue weighted by Gasteiger charge is -2.28. The van der Waals surface area contributed by atoms with E-state index in [9.17, 15) is 4.79 Å². The van der Waals surface area contributed by atoms with Crippen molar-refractivity contribution in [1.29, 1.82) is 0 Å². The van der Waals surface area contributed by atoms with Gasteiger partial charge in [-0.3, -0.25) is 9.69 Å². The predicted molar refractivity (Wildman–Crippen MR) is 126 cm³/mol. The van der Waals surface area contributed by atoms with Crippen LogP contribution in [0.15, 0.2) is 36.4 Å². The van der Waals surface area contributed by atoms with E-state index in [1.165, 1.54) is 11.1 Å². The van der Waals surface area contributed by atoms with Crippen LogP contribution in [0, 0.1) is 0 Å². The second-order valence-corrected chi connectivity index (χ2v) is 7.59. The number of primary amides is 1. The molecule has 1 aromatic heterocycles. The number of nitrogens with two attached hydrogens (primary N) is 1. The van der Waals surface area contributed by atoms with E-state index in [4.69, 9.17) is 15.2 Å². The molecule has 0 saturated heterocycles. The smallest absolute Gasteiger partial charge is 0.273 e. The first-order chi connectivity index (χ1) is 16.0. The maximum atomic E-state index is 11.9. The Morgan fingerprint density at radius 3 is 2.58 bits per heavy atom. The zero-order chi connectivity index (χ0) is 23.4. The number of hydrogen-bond acceptors (Lipinski definition) is 9. The number of methoxy groups -OCH3 is 2. The maximum Gasteiger partial charge on any atom is 0.273 e. The van der Waals surface area contributed by atoms with E-state index >= 15 is 0 Å². The lowest BCUT2D eigenvalue weighted by Crippen LogP contribution is -2.30. The Hall–Kier alpha value is -3.92. The molecule has 1 amide bonds. The van der Waals surface area contributed by atoms with Crippen molar-refractivity contribution < 1.29 is 14.3 Å². The van der Waals surface area contributed by atoms with Gasteiger partial charge in [0, 0.05) is 13.1 Å². The van der Waals surface area contributed by atoms with Gasteiger partial charge in [-0.05, 0) is 48.4 Å². The van der Waals surface area contributed by atoms with Crippen LogP contribution in [0.1, 0.15) is 28.5 Å². The molecule has 0 bridgehead atoms. The first kappa shape index (κ1) is 22.3. The van der Waals surface area contributed by atoms with Crippen molar-refractivity contribution in [3.05, 3.63) is 53.2 Å². The van der Waals surface area contributed by atoms with Crippen molar-refractivity contribution in [2.75, 3.05) is 37.9 Å². The minimum Gasteiger partial charge on any atom is -0.495 e. The van der Waals surface area contributed by atoms with Gasteiger partial charge in [-0.25, -0.2) is 0 Å². The number of anilines is 4. The molecule has 4 N–H and O–H groups in total. The molecule has 3 aromatic rings. The molecule has 0 unspecified atom stereocenters. The van der Waals surface area contributed by atoms with Crippen LogP contribution in [0.3, 0.4) is 0 Å².